The molecular weight excluding hydrogens is 440 g/mol. The number of piperidine rings is 1. The van der Waals surface area contributed by atoms with Gasteiger partial charge in [-0.15, -0.1) is 0 Å². The fourth-order valence-electron chi connectivity index (χ4n) is 6.12. The maximum Gasteiger partial charge on any atom is 0.227 e. The van der Waals surface area contributed by atoms with Gasteiger partial charge in [-0.25, -0.2) is 9.99 Å². The molecule has 35 heavy (non-hydrogen) atoms. The zero-order valence-corrected chi connectivity index (χ0v) is 21.4. The molecular formula is C26H44N8O. The molecule has 0 unspecified atom stereocenters. The van der Waals surface area contributed by atoms with Crippen LogP contribution in [-0.4, -0.2) is 63.4 Å². The van der Waals surface area contributed by atoms with Crippen molar-refractivity contribution in [1.29, 1.82) is 0 Å². The molecule has 0 bridgehead atoms. The number of nitrogens with zero attached hydrogens (tertiary/aromatic N) is 5. The summed E-state index contributed by atoms with van der Waals surface area (Å²) in [5, 5.41) is 5.96. The second kappa shape index (κ2) is 11.8. The van der Waals surface area contributed by atoms with Crippen LogP contribution in [-0.2, 0) is 4.74 Å². The minimum absolute atomic E-state index is 0.334. The maximum atomic E-state index is 6.13. The van der Waals surface area contributed by atoms with Crippen LogP contribution in [0.2, 0.25) is 0 Å². The Kier molecular flexibility index (Phi) is 8.36. The first-order chi connectivity index (χ1) is 17.2. The van der Waals surface area contributed by atoms with Crippen LogP contribution >= 0.6 is 0 Å². The molecule has 9 nitrogen and oxygen atoms in total. The minimum Gasteiger partial charge on any atom is -0.385 e. The van der Waals surface area contributed by atoms with Gasteiger partial charge in [0.1, 0.15) is 0 Å². The Morgan fingerprint density at radius 2 is 1.77 bits per heavy atom. The van der Waals surface area contributed by atoms with E-state index in [4.69, 9.17) is 25.4 Å². The number of nitrogens with one attached hydrogen (secondary N) is 2. The highest BCUT2D eigenvalue weighted by Gasteiger charge is 2.25. The highest BCUT2D eigenvalue weighted by atomic mass is 16.5. The number of unbranched alkanes of at least 4 members (excludes halogenated alkanes) is 1. The van der Waals surface area contributed by atoms with E-state index in [1.165, 1.54) is 57.8 Å². The van der Waals surface area contributed by atoms with E-state index in [9.17, 15) is 0 Å². The third-order valence-corrected chi connectivity index (χ3v) is 8.33. The summed E-state index contributed by atoms with van der Waals surface area (Å²) in [7, 11) is 1.79. The van der Waals surface area contributed by atoms with E-state index in [0.717, 1.165) is 68.3 Å². The van der Waals surface area contributed by atoms with Gasteiger partial charge in [0.2, 0.25) is 5.95 Å². The van der Waals surface area contributed by atoms with Crippen molar-refractivity contribution in [3.05, 3.63) is 6.33 Å². The van der Waals surface area contributed by atoms with E-state index in [-0.39, 0.29) is 0 Å². The SMILES string of the molecule is COCCCCC1CCN(Nc2nc(N[C@H]3CC[C@H](N)CC3)nc3c2ncn3C2CCCC2)CC1. The van der Waals surface area contributed by atoms with Gasteiger partial charge in [0.15, 0.2) is 17.0 Å². The number of nitrogens with two attached hydrogens (primary N) is 1. The smallest absolute Gasteiger partial charge is 0.227 e. The molecule has 2 aliphatic carbocycles. The number of imidazole rings is 1. The van der Waals surface area contributed by atoms with Gasteiger partial charge in [0.05, 0.1) is 6.33 Å². The van der Waals surface area contributed by atoms with Crippen LogP contribution in [0.3, 0.4) is 0 Å². The fourth-order valence-corrected chi connectivity index (χ4v) is 6.12. The highest BCUT2D eigenvalue weighted by molar-refractivity contribution is 5.84. The lowest BCUT2D eigenvalue weighted by molar-refractivity contribution is 0.179. The highest BCUT2D eigenvalue weighted by Crippen LogP contribution is 2.34. The monoisotopic (exact) mass is 484 g/mol. The number of ether oxygens (including phenoxy) is 1. The molecule has 0 atom stereocenters. The van der Waals surface area contributed by atoms with Gasteiger partial charge in [-0.1, -0.05) is 25.7 Å². The maximum absolute atomic E-state index is 6.13. The number of anilines is 2. The van der Waals surface area contributed by atoms with Crippen molar-refractivity contribution in [2.45, 2.75) is 102 Å². The van der Waals surface area contributed by atoms with Crippen molar-refractivity contribution in [3.8, 4) is 0 Å². The summed E-state index contributed by atoms with van der Waals surface area (Å²) in [6.45, 7) is 2.95. The summed E-state index contributed by atoms with van der Waals surface area (Å²) in [5.41, 5.74) is 11.6. The van der Waals surface area contributed by atoms with Crippen LogP contribution in [0.5, 0.6) is 0 Å². The van der Waals surface area contributed by atoms with Gasteiger partial charge < -0.3 is 25.8 Å². The predicted molar refractivity (Wildman–Crippen MR) is 140 cm³/mol. The molecule has 3 heterocycles. The number of rotatable bonds is 10. The summed E-state index contributed by atoms with van der Waals surface area (Å²) in [5.74, 6) is 2.36. The lowest BCUT2D eigenvalue weighted by atomic mass is 9.92. The predicted octanol–water partition coefficient (Wildman–Crippen LogP) is 4.48. The van der Waals surface area contributed by atoms with Gasteiger partial charge in [0.25, 0.3) is 0 Å². The molecule has 3 fully saturated rings. The molecule has 1 aliphatic heterocycles. The Balaban J connectivity index is 1.29. The third kappa shape index (κ3) is 6.24. The van der Waals surface area contributed by atoms with E-state index < -0.39 is 0 Å². The molecule has 2 aromatic rings. The number of aromatic nitrogens is 4. The molecule has 194 valence electrons. The largest absolute Gasteiger partial charge is 0.385 e. The molecule has 0 amide bonds. The van der Waals surface area contributed by atoms with Crippen molar-refractivity contribution < 1.29 is 4.74 Å². The molecule has 3 aliphatic rings. The molecule has 1 saturated heterocycles. The average molecular weight is 485 g/mol. The van der Waals surface area contributed by atoms with Crippen LogP contribution in [0.15, 0.2) is 6.33 Å². The Hall–Kier alpha value is -1.97. The van der Waals surface area contributed by atoms with Gasteiger partial charge in [0, 0.05) is 44.9 Å². The lowest BCUT2D eigenvalue weighted by Gasteiger charge is -2.32. The number of hydrogen-bond acceptors (Lipinski definition) is 8. The second-order valence-electron chi connectivity index (χ2n) is 10.9. The van der Waals surface area contributed by atoms with Crippen LogP contribution in [0.1, 0.15) is 89.5 Å². The molecule has 9 heteroatoms. The Morgan fingerprint density at radius 1 is 1.00 bits per heavy atom. The molecule has 4 N–H and O–H groups in total. The van der Waals surface area contributed by atoms with E-state index in [1.54, 1.807) is 7.11 Å². The molecule has 2 aromatic heterocycles. The van der Waals surface area contributed by atoms with E-state index in [1.807, 2.05) is 6.33 Å². The number of methoxy groups -OCH3 is 1. The van der Waals surface area contributed by atoms with Crippen LogP contribution in [0, 0.1) is 5.92 Å². The van der Waals surface area contributed by atoms with Gasteiger partial charge in [-0.3, -0.25) is 0 Å². The zero-order chi connectivity index (χ0) is 24.0. The van der Waals surface area contributed by atoms with Crippen molar-refractivity contribution in [1.82, 2.24) is 24.5 Å². The van der Waals surface area contributed by atoms with E-state index in [0.29, 0.717) is 24.1 Å². The number of fused-ring (bicyclic) bond motifs is 1. The van der Waals surface area contributed by atoms with Crippen LogP contribution in [0.4, 0.5) is 11.8 Å². The van der Waals surface area contributed by atoms with Gasteiger partial charge in [-0.2, -0.15) is 9.97 Å². The van der Waals surface area contributed by atoms with E-state index >= 15 is 0 Å². The van der Waals surface area contributed by atoms with Crippen molar-refractivity contribution in [2.24, 2.45) is 11.7 Å². The average Bonchev–Trinajstić information content (AvgIpc) is 3.54. The third-order valence-electron chi connectivity index (χ3n) is 8.33. The topological polar surface area (TPSA) is 106 Å². The van der Waals surface area contributed by atoms with E-state index in [2.05, 4.69) is 20.3 Å². The first-order valence-electron chi connectivity index (χ1n) is 14.0. The standard InChI is InChI=1S/C26H44N8O/c1-35-17-5-4-6-19-13-15-33(16-14-19)32-24-23-25(34(18-28-23)22-7-2-3-8-22)31-26(30-24)29-21-11-9-20(27)10-12-21/h18-22H,2-17,27H2,1H3,(H2,29,30,31,32)/t20-,21-. The van der Waals surface area contributed by atoms with Crippen molar-refractivity contribution in [2.75, 3.05) is 37.5 Å². The quantitative estimate of drug-likeness (QED) is 0.424. The normalized spacial score (nSPS) is 24.9. The fraction of sp³-hybridized carbons (Fsp3) is 0.808. The van der Waals surface area contributed by atoms with Crippen LogP contribution in [0.25, 0.3) is 11.2 Å². The molecule has 0 radical (unpaired) electrons. The number of hydrazine groups is 1. The van der Waals surface area contributed by atoms with Crippen molar-refractivity contribution in [3.63, 3.8) is 0 Å². The van der Waals surface area contributed by atoms with Crippen molar-refractivity contribution >= 4 is 22.9 Å². The van der Waals surface area contributed by atoms with Gasteiger partial charge in [-0.05, 0) is 63.7 Å². The number of hydrogen-bond donors (Lipinski definition) is 3. The molecule has 2 saturated carbocycles. The van der Waals surface area contributed by atoms with Crippen LogP contribution < -0.4 is 16.5 Å². The first kappa shape index (κ1) is 24.7. The summed E-state index contributed by atoms with van der Waals surface area (Å²) in [6, 6.07) is 1.22. The molecule has 0 spiro atoms. The molecule has 5 rings (SSSR count). The Labute approximate surface area is 209 Å². The Morgan fingerprint density at radius 3 is 2.51 bits per heavy atom. The van der Waals surface area contributed by atoms with Gasteiger partial charge >= 0.3 is 0 Å². The Bertz CT molecular complexity index is 927. The summed E-state index contributed by atoms with van der Waals surface area (Å²) in [6.07, 6.45) is 17.4. The summed E-state index contributed by atoms with van der Waals surface area (Å²) >= 11 is 0. The zero-order valence-electron chi connectivity index (χ0n) is 21.4. The summed E-state index contributed by atoms with van der Waals surface area (Å²) < 4.78 is 7.49. The lowest BCUT2D eigenvalue weighted by Crippen LogP contribution is -2.38. The summed E-state index contributed by atoms with van der Waals surface area (Å²) in [4.78, 5) is 14.7. The molecule has 0 aromatic carbocycles. The minimum atomic E-state index is 0.334. The first-order valence-corrected chi connectivity index (χ1v) is 14.0. The second-order valence-corrected chi connectivity index (χ2v) is 10.9.